The van der Waals surface area contributed by atoms with Crippen LogP contribution in [0, 0.1) is 0 Å². The minimum absolute atomic E-state index is 0.202. The molecule has 0 saturated carbocycles. The van der Waals surface area contributed by atoms with E-state index in [1.807, 2.05) is 24.3 Å². The second-order valence-electron chi connectivity index (χ2n) is 5.51. The predicted molar refractivity (Wildman–Crippen MR) is 81.2 cm³/mol. The summed E-state index contributed by atoms with van der Waals surface area (Å²) in [5, 5.41) is 0. The van der Waals surface area contributed by atoms with Gasteiger partial charge in [0.05, 0.1) is 19.8 Å². The Kier molecular flexibility index (Phi) is 6.17. The molecule has 116 valence electrons. The summed E-state index contributed by atoms with van der Waals surface area (Å²) in [5.74, 6) is 0.263. The molecule has 0 aromatic heterocycles. The van der Waals surface area contributed by atoms with Crippen molar-refractivity contribution in [2.45, 2.75) is 19.8 Å². The molecule has 1 aliphatic heterocycles. The topological polar surface area (TPSA) is 50.8 Å². The molecule has 0 radical (unpaired) electrons. The van der Waals surface area contributed by atoms with Crippen molar-refractivity contribution in [3.05, 3.63) is 35.4 Å². The van der Waals surface area contributed by atoms with Gasteiger partial charge in [0.25, 0.3) is 5.91 Å². The van der Waals surface area contributed by atoms with Crippen molar-refractivity contribution in [1.29, 1.82) is 0 Å². The second-order valence-corrected chi connectivity index (χ2v) is 5.51. The summed E-state index contributed by atoms with van der Waals surface area (Å²) in [6.45, 7) is 8.93. The molecule has 1 saturated heterocycles. The van der Waals surface area contributed by atoms with Crippen LogP contribution in [-0.2, 0) is 9.57 Å². The number of nitrogens with zero attached hydrogens (tertiary/aromatic N) is 1. The third kappa shape index (κ3) is 5.12. The minimum Gasteiger partial charge on any atom is -0.379 e. The predicted octanol–water partition coefficient (Wildman–Crippen LogP) is 1.80. The number of ether oxygens (including phenoxy) is 1. The summed E-state index contributed by atoms with van der Waals surface area (Å²) in [6.07, 6.45) is 0. The zero-order valence-corrected chi connectivity index (χ0v) is 12.8. The summed E-state index contributed by atoms with van der Waals surface area (Å²) in [7, 11) is 0. The summed E-state index contributed by atoms with van der Waals surface area (Å²) < 4.78 is 5.28. The molecule has 1 aromatic carbocycles. The van der Waals surface area contributed by atoms with Crippen LogP contribution in [-0.4, -0.2) is 50.3 Å². The van der Waals surface area contributed by atoms with Gasteiger partial charge in [0.2, 0.25) is 0 Å². The molecule has 1 fully saturated rings. The lowest BCUT2D eigenvalue weighted by atomic mass is 10.0. The SMILES string of the molecule is CC(C)c1ccc(C(=O)NOCCN2CCOCC2)cc1. The number of amides is 1. The first kappa shape index (κ1) is 15.9. The smallest absolute Gasteiger partial charge is 0.274 e. The Morgan fingerprint density at radius 1 is 1.29 bits per heavy atom. The lowest BCUT2D eigenvalue weighted by molar-refractivity contribution is -0.00177. The Labute approximate surface area is 126 Å². The van der Waals surface area contributed by atoms with E-state index in [1.54, 1.807) is 0 Å². The Hall–Kier alpha value is -1.43. The standard InChI is InChI=1S/C16H24N2O3/c1-13(2)14-3-5-15(6-4-14)16(19)17-21-12-9-18-7-10-20-11-8-18/h3-6,13H,7-12H2,1-2H3,(H,17,19). The monoisotopic (exact) mass is 292 g/mol. The molecule has 0 atom stereocenters. The van der Waals surface area contributed by atoms with E-state index in [9.17, 15) is 4.79 Å². The fourth-order valence-corrected chi connectivity index (χ4v) is 2.19. The van der Waals surface area contributed by atoms with E-state index in [0.29, 0.717) is 18.1 Å². The molecular weight excluding hydrogens is 268 g/mol. The molecular formula is C16H24N2O3. The van der Waals surface area contributed by atoms with Crippen LogP contribution >= 0.6 is 0 Å². The quantitative estimate of drug-likeness (QED) is 0.642. The number of carbonyl (C=O) groups is 1. The van der Waals surface area contributed by atoms with Crippen LogP contribution in [0.1, 0.15) is 35.7 Å². The highest BCUT2D eigenvalue weighted by Crippen LogP contribution is 2.14. The maximum absolute atomic E-state index is 11.9. The number of benzene rings is 1. The van der Waals surface area contributed by atoms with Crippen LogP contribution in [0.15, 0.2) is 24.3 Å². The summed E-state index contributed by atoms with van der Waals surface area (Å²) in [6, 6.07) is 7.62. The van der Waals surface area contributed by atoms with Gasteiger partial charge in [-0.2, -0.15) is 0 Å². The highest BCUT2D eigenvalue weighted by molar-refractivity contribution is 5.93. The van der Waals surface area contributed by atoms with Gasteiger partial charge in [-0.25, -0.2) is 5.48 Å². The molecule has 1 amide bonds. The molecule has 1 heterocycles. The summed E-state index contributed by atoms with van der Waals surface area (Å²) >= 11 is 0. The largest absolute Gasteiger partial charge is 0.379 e. The summed E-state index contributed by atoms with van der Waals surface area (Å²) in [5.41, 5.74) is 4.33. The first-order chi connectivity index (χ1) is 10.2. The lowest BCUT2D eigenvalue weighted by Gasteiger charge is -2.26. The van der Waals surface area contributed by atoms with E-state index in [1.165, 1.54) is 5.56 Å². The number of hydrogen-bond donors (Lipinski definition) is 1. The van der Waals surface area contributed by atoms with E-state index < -0.39 is 0 Å². The number of nitrogens with one attached hydrogen (secondary N) is 1. The van der Waals surface area contributed by atoms with Crippen LogP contribution < -0.4 is 5.48 Å². The highest BCUT2D eigenvalue weighted by Gasteiger charge is 2.10. The molecule has 5 nitrogen and oxygen atoms in total. The van der Waals surface area contributed by atoms with Crippen LogP contribution in [0.25, 0.3) is 0 Å². The first-order valence-corrected chi connectivity index (χ1v) is 7.49. The Morgan fingerprint density at radius 2 is 1.95 bits per heavy atom. The molecule has 5 heteroatoms. The molecule has 0 aliphatic carbocycles. The fourth-order valence-electron chi connectivity index (χ4n) is 2.19. The third-order valence-corrected chi connectivity index (χ3v) is 3.62. The number of hydrogen-bond acceptors (Lipinski definition) is 4. The minimum atomic E-state index is -0.202. The van der Waals surface area contributed by atoms with Crippen LogP contribution in [0.4, 0.5) is 0 Å². The molecule has 1 aromatic rings. The van der Waals surface area contributed by atoms with Crippen molar-refractivity contribution in [3.8, 4) is 0 Å². The molecule has 0 unspecified atom stereocenters. The van der Waals surface area contributed by atoms with Crippen molar-refractivity contribution in [3.63, 3.8) is 0 Å². The van der Waals surface area contributed by atoms with Crippen molar-refractivity contribution >= 4 is 5.91 Å². The van der Waals surface area contributed by atoms with E-state index >= 15 is 0 Å². The van der Waals surface area contributed by atoms with Gasteiger partial charge in [-0.05, 0) is 23.6 Å². The fraction of sp³-hybridized carbons (Fsp3) is 0.562. The van der Waals surface area contributed by atoms with Crippen molar-refractivity contribution in [2.24, 2.45) is 0 Å². The zero-order chi connectivity index (χ0) is 15.1. The number of hydroxylamine groups is 1. The molecule has 2 rings (SSSR count). The van der Waals surface area contributed by atoms with Gasteiger partial charge in [-0.3, -0.25) is 14.5 Å². The van der Waals surface area contributed by atoms with E-state index in [4.69, 9.17) is 9.57 Å². The zero-order valence-electron chi connectivity index (χ0n) is 12.8. The second kappa shape index (κ2) is 8.12. The molecule has 1 aliphatic rings. The van der Waals surface area contributed by atoms with E-state index in [0.717, 1.165) is 32.8 Å². The Balaban J connectivity index is 1.69. The maximum atomic E-state index is 11.9. The van der Waals surface area contributed by atoms with Crippen molar-refractivity contribution < 1.29 is 14.4 Å². The van der Waals surface area contributed by atoms with E-state index in [2.05, 4.69) is 24.2 Å². The molecule has 21 heavy (non-hydrogen) atoms. The van der Waals surface area contributed by atoms with Crippen LogP contribution in [0.2, 0.25) is 0 Å². The van der Waals surface area contributed by atoms with Crippen LogP contribution in [0.5, 0.6) is 0 Å². The molecule has 1 N–H and O–H groups in total. The summed E-state index contributed by atoms with van der Waals surface area (Å²) in [4.78, 5) is 19.4. The van der Waals surface area contributed by atoms with Gasteiger partial charge in [0.15, 0.2) is 0 Å². The lowest BCUT2D eigenvalue weighted by Crippen LogP contribution is -2.39. The highest BCUT2D eigenvalue weighted by atomic mass is 16.7. The van der Waals surface area contributed by atoms with Gasteiger partial charge < -0.3 is 4.74 Å². The van der Waals surface area contributed by atoms with Crippen LogP contribution in [0.3, 0.4) is 0 Å². The van der Waals surface area contributed by atoms with Gasteiger partial charge in [0, 0.05) is 25.2 Å². The Morgan fingerprint density at radius 3 is 2.57 bits per heavy atom. The normalized spacial score (nSPS) is 16.1. The number of morpholine rings is 1. The average molecular weight is 292 g/mol. The van der Waals surface area contributed by atoms with Gasteiger partial charge >= 0.3 is 0 Å². The average Bonchev–Trinajstić information content (AvgIpc) is 2.52. The van der Waals surface area contributed by atoms with E-state index in [-0.39, 0.29) is 5.91 Å². The molecule has 0 bridgehead atoms. The first-order valence-electron chi connectivity index (χ1n) is 7.49. The number of carbonyl (C=O) groups excluding carboxylic acids is 1. The van der Waals surface area contributed by atoms with Gasteiger partial charge in [-0.15, -0.1) is 0 Å². The van der Waals surface area contributed by atoms with Crippen molar-refractivity contribution in [2.75, 3.05) is 39.5 Å². The van der Waals surface area contributed by atoms with Gasteiger partial charge in [-0.1, -0.05) is 26.0 Å². The third-order valence-electron chi connectivity index (χ3n) is 3.62. The van der Waals surface area contributed by atoms with Crippen molar-refractivity contribution in [1.82, 2.24) is 10.4 Å². The molecule has 0 spiro atoms. The van der Waals surface area contributed by atoms with Gasteiger partial charge in [0.1, 0.15) is 0 Å². The maximum Gasteiger partial charge on any atom is 0.274 e. The number of rotatable bonds is 6. The Bertz CT molecular complexity index is 439.